The van der Waals surface area contributed by atoms with E-state index >= 15 is 0 Å². The number of fused-ring (bicyclic) bond motifs is 1. The Morgan fingerprint density at radius 3 is 2.62 bits per heavy atom. The zero-order valence-corrected chi connectivity index (χ0v) is 13.7. The molecule has 0 aliphatic rings. The van der Waals surface area contributed by atoms with Crippen LogP contribution in [0.4, 0.5) is 5.69 Å². The van der Waals surface area contributed by atoms with E-state index < -0.39 is 0 Å². The molecule has 122 valence electrons. The highest BCUT2D eigenvalue weighted by Crippen LogP contribution is 2.29. The van der Waals surface area contributed by atoms with Crippen molar-refractivity contribution >= 4 is 28.3 Å². The van der Waals surface area contributed by atoms with Crippen LogP contribution in [-0.2, 0) is 4.79 Å². The van der Waals surface area contributed by atoms with Crippen LogP contribution >= 0.6 is 0 Å². The van der Waals surface area contributed by atoms with E-state index in [1.165, 1.54) is 6.92 Å². The van der Waals surface area contributed by atoms with Gasteiger partial charge >= 0.3 is 0 Å². The van der Waals surface area contributed by atoms with Gasteiger partial charge in [-0.25, -0.2) is 0 Å². The second-order valence-corrected chi connectivity index (χ2v) is 5.51. The van der Waals surface area contributed by atoms with Gasteiger partial charge in [-0.05, 0) is 31.2 Å². The van der Waals surface area contributed by atoms with Gasteiger partial charge in [0.1, 0.15) is 11.3 Å². The van der Waals surface area contributed by atoms with E-state index in [1.807, 2.05) is 13.0 Å². The number of benzene rings is 2. The number of carbonyl (C=O) groups excluding carboxylic acids is 2. The van der Waals surface area contributed by atoms with Crippen molar-refractivity contribution in [2.24, 2.45) is 0 Å². The molecule has 0 spiro atoms. The van der Waals surface area contributed by atoms with E-state index in [9.17, 15) is 9.59 Å². The maximum atomic E-state index is 12.7. The zero-order valence-electron chi connectivity index (χ0n) is 13.7. The fourth-order valence-corrected chi connectivity index (χ4v) is 2.62. The molecule has 0 radical (unpaired) electrons. The highest BCUT2D eigenvalue weighted by atomic mass is 16.5. The van der Waals surface area contributed by atoms with Crippen LogP contribution in [0.15, 0.2) is 46.9 Å². The van der Waals surface area contributed by atoms with Crippen LogP contribution in [0.25, 0.3) is 11.0 Å². The fourth-order valence-electron chi connectivity index (χ4n) is 2.62. The minimum Gasteiger partial charge on any atom is -0.497 e. The molecule has 3 rings (SSSR count). The molecule has 0 unspecified atom stereocenters. The summed E-state index contributed by atoms with van der Waals surface area (Å²) in [6.45, 7) is 3.28. The summed E-state index contributed by atoms with van der Waals surface area (Å²) in [5.41, 5.74) is 2.46. The van der Waals surface area contributed by atoms with Gasteiger partial charge in [-0.15, -0.1) is 0 Å². The first-order valence-corrected chi connectivity index (χ1v) is 7.49. The summed E-state index contributed by atoms with van der Waals surface area (Å²) < 4.78 is 10.9. The number of methoxy groups -OCH3 is 1. The number of aryl methyl sites for hydroxylation is 1. The number of amides is 1. The van der Waals surface area contributed by atoms with Gasteiger partial charge in [0.2, 0.25) is 11.7 Å². The Bertz CT molecular complexity index is 940. The third-order valence-electron chi connectivity index (χ3n) is 3.80. The lowest BCUT2D eigenvalue weighted by molar-refractivity contribution is -0.114. The highest BCUT2D eigenvalue weighted by Gasteiger charge is 2.20. The van der Waals surface area contributed by atoms with Gasteiger partial charge in [0.05, 0.1) is 7.11 Å². The smallest absolute Gasteiger partial charge is 0.228 e. The minimum atomic E-state index is -0.205. The molecule has 2 aromatic carbocycles. The van der Waals surface area contributed by atoms with Crippen LogP contribution in [0.5, 0.6) is 5.75 Å². The maximum absolute atomic E-state index is 12.7. The van der Waals surface area contributed by atoms with Crippen molar-refractivity contribution in [3.05, 3.63) is 59.4 Å². The quantitative estimate of drug-likeness (QED) is 0.738. The zero-order chi connectivity index (χ0) is 17.3. The Hall–Kier alpha value is -3.08. The van der Waals surface area contributed by atoms with E-state index in [0.717, 1.165) is 10.9 Å². The van der Waals surface area contributed by atoms with Gasteiger partial charge < -0.3 is 14.5 Å². The molecule has 1 heterocycles. The van der Waals surface area contributed by atoms with Crippen molar-refractivity contribution in [3.8, 4) is 5.75 Å². The van der Waals surface area contributed by atoms with Crippen molar-refractivity contribution < 1.29 is 18.7 Å². The van der Waals surface area contributed by atoms with Gasteiger partial charge in [0.15, 0.2) is 5.76 Å². The van der Waals surface area contributed by atoms with Crippen molar-refractivity contribution in [1.29, 1.82) is 0 Å². The van der Waals surface area contributed by atoms with Crippen LogP contribution < -0.4 is 10.1 Å². The second kappa shape index (κ2) is 6.20. The van der Waals surface area contributed by atoms with Crippen LogP contribution in [-0.4, -0.2) is 18.8 Å². The summed E-state index contributed by atoms with van der Waals surface area (Å²) in [6.07, 6.45) is 0. The summed E-state index contributed by atoms with van der Waals surface area (Å²) in [5, 5.41) is 3.54. The third-order valence-corrected chi connectivity index (χ3v) is 3.80. The van der Waals surface area contributed by atoms with Gasteiger partial charge in [-0.2, -0.15) is 0 Å². The van der Waals surface area contributed by atoms with Gasteiger partial charge in [0.25, 0.3) is 0 Å². The lowest BCUT2D eigenvalue weighted by Crippen LogP contribution is -2.05. The third kappa shape index (κ3) is 2.88. The molecule has 24 heavy (non-hydrogen) atoms. The Labute approximate surface area is 139 Å². The largest absolute Gasteiger partial charge is 0.497 e. The molecule has 5 heteroatoms. The first kappa shape index (κ1) is 15.8. The van der Waals surface area contributed by atoms with Crippen LogP contribution in [0.3, 0.4) is 0 Å². The molecule has 1 aromatic heterocycles. The van der Waals surface area contributed by atoms with Crippen molar-refractivity contribution in [1.82, 2.24) is 0 Å². The summed E-state index contributed by atoms with van der Waals surface area (Å²) in [4.78, 5) is 23.9. The van der Waals surface area contributed by atoms with Crippen molar-refractivity contribution in [2.45, 2.75) is 13.8 Å². The van der Waals surface area contributed by atoms with Crippen LogP contribution in [0.2, 0.25) is 0 Å². The Balaban J connectivity index is 2.03. The molecule has 1 amide bonds. The van der Waals surface area contributed by atoms with Gasteiger partial charge in [-0.1, -0.05) is 12.1 Å². The number of ketones is 1. The number of carbonyl (C=O) groups is 2. The molecule has 0 aliphatic carbocycles. The summed E-state index contributed by atoms with van der Waals surface area (Å²) in [6, 6.07) is 12.3. The van der Waals surface area contributed by atoms with Gasteiger partial charge in [-0.3, -0.25) is 9.59 Å². The predicted octanol–water partition coefficient (Wildman–Crippen LogP) is 3.94. The van der Waals surface area contributed by atoms with Crippen molar-refractivity contribution in [2.75, 3.05) is 12.4 Å². The maximum Gasteiger partial charge on any atom is 0.228 e. The minimum absolute atomic E-state index is 0.162. The molecule has 0 fully saturated rings. The number of hydrogen-bond acceptors (Lipinski definition) is 4. The van der Waals surface area contributed by atoms with E-state index in [1.54, 1.807) is 43.5 Å². The first-order chi connectivity index (χ1) is 11.5. The number of anilines is 1. The van der Waals surface area contributed by atoms with Crippen molar-refractivity contribution in [3.63, 3.8) is 0 Å². The average Bonchev–Trinajstić information content (AvgIpc) is 2.90. The lowest BCUT2D eigenvalue weighted by Gasteiger charge is -2.02. The number of rotatable bonds is 4. The molecule has 5 nitrogen and oxygen atoms in total. The lowest BCUT2D eigenvalue weighted by atomic mass is 10.0. The Morgan fingerprint density at radius 1 is 1.12 bits per heavy atom. The standard InChI is InChI=1S/C19H17NO4/c1-11-16-8-7-14(20-12(2)21)10-17(16)24-19(11)18(22)13-5-4-6-15(9-13)23-3/h4-10H,1-3H3,(H,20,21). The number of hydrogen-bond donors (Lipinski definition) is 1. The number of furan rings is 1. The molecule has 0 saturated heterocycles. The number of nitrogens with one attached hydrogen (secondary N) is 1. The second-order valence-electron chi connectivity index (χ2n) is 5.51. The van der Waals surface area contributed by atoms with E-state index in [2.05, 4.69) is 5.32 Å². The Morgan fingerprint density at radius 2 is 1.92 bits per heavy atom. The molecule has 0 atom stereocenters. The first-order valence-electron chi connectivity index (χ1n) is 7.49. The van der Waals surface area contributed by atoms with E-state index in [-0.39, 0.29) is 11.7 Å². The van der Waals surface area contributed by atoms with Crippen LogP contribution in [0.1, 0.15) is 28.6 Å². The van der Waals surface area contributed by atoms with E-state index in [0.29, 0.717) is 28.3 Å². The number of ether oxygens (including phenoxy) is 1. The predicted molar refractivity (Wildman–Crippen MR) is 91.7 cm³/mol. The summed E-state index contributed by atoms with van der Waals surface area (Å²) in [7, 11) is 1.56. The monoisotopic (exact) mass is 323 g/mol. The van der Waals surface area contributed by atoms with Crippen LogP contribution in [0, 0.1) is 6.92 Å². The molecule has 3 aromatic rings. The molecular formula is C19H17NO4. The molecule has 0 saturated carbocycles. The van der Waals surface area contributed by atoms with E-state index in [4.69, 9.17) is 9.15 Å². The molecular weight excluding hydrogens is 306 g/mol. The SMILES string of the molecule is COc1cccc(C(=O)c2oc3cc(NC(C)=O)ccc3c2C)c1. The normalized spacial score (nSPS) is 10.6. The molecule has 0 aliphatic heterocycles. The fraction of sp³-hybridized carbons (Fsp3) is 0.158. The average molecular weight is 323 g/mol. The molecule has 1 N–H and O–H groups in total. The Kier molecular flexibility index (Phi) is 4.08. The highest BCUT2D eigenvalue weighted by molar-refractivity contribution is 6.11. The van der Waals surface area contributed by atoms with Gasteiger partial charge in [0, 0.05) is 35.2 Å². The summed E-state index contributed by atoms with van der Waals surface area (Å²) in [5.74, 6) is 0.537. The summed E-state index contributed by atoms with van der Waals surface area (Å²) >= 11 is 0. The topological polar surface area (TPSA) is 68.5 Å². The molecule has 0 bridgehead atoms.